The average Bonchev–Trinajstić information content (AvgIpc) is 2.92. The van der Waals surface area contributed by atoms with Crippen LogP contribution in [0.15, 0.2) is 57.4 Å². The predicted molar refractivity (Wildman–Crippen MR) is 90.2 cm³/mol. The lowest BCUT2D eigenvalue weighted by Crippen LogP contribution is -2.24. The van der Waals surface area contributed by atoms with Crippen LogP contribution in [0, 0.1) is 11.3 Å². The number of thioether (sulfide) groups is 2. The Hall–Kier alpha value is -2.43. The molecule has 1 N–H and O–H groups in total. The van der Waals surface area contributed by atoms with Gasteiger partial charge in [0.15, 0.2) is 0 Å². The zero-order valence-electron chi connectivity index (χ0n) is 12.3. The lowest BCUT2D eigenvalue weighted by molar-refractivity contribution is 0.0988. The first-order valence-corrected chi connectivity index (χ1v) is 8.62. The van der Waals surface area contributed by atoms with E-state index >= 15 is 0 Å². The van der Waals surface area contributed by atoms with E-state index in [0.29, 0.717) is 26.7 Å². The number of hydrogen-bond acceptors (Lipinski definition) is 7. The van der Waals surface area contributed by atoms with Crippen molar-refractivity contribution in [2.24, 2.45) is 0 Å². The summed E-state index contributed by atoms with van der Waals surface area (Å²) >= 11 is 2.22. The fourth-order valence-electron chi connectivity index (χ4n) is 2.85. The van der Waals surface area contributed by atoms with Crippen LogP contribution in [-0.2, 0) is 4.74 Å². The molecule has 0 saturated heterocycles. The first kappa shape index (κ1) is 15.1. The minimum Gasteiger partial charge on any atom is -0.480 e. The van der Waals surface area contributed by atoms with Gasteiger partial charge in [0.1, 0.15) is 21.5 Å². The van der Waals surface area contributed by atoms with Crippen molar-refractivity contribution < 1.29 is 19.4 Å². The summed E-state index contributed by atoms with van der Waals surface area (Å²) in [6.07, 6.45) is 1.66. The van der Waals surface area contributed by atoms with Gasteiger partial charge in [-0.2, -0.15) is 5.26 Å². The maximum absolute atomic E-state index is 12.8. The van der Waals surface area contributed by atoms with Crippen LogP contribution >= 0.6 is 23.5 Å². The van der Waals surface area contributed by atoms with Crippen LogP contribution in [0.3, 0.4) is 0 Å². The molecule has 1 aromatic rings. The molecule has 0 amide bonds. The van der Waals surface area contributed by atoms with Gasteiger partial charge in [0.2, 0.25) is 11.6 Å². The Morgan fingerprint density at radius 2 is 1.67 bits per heavy atom. The molecule has 0 aromatic heterocycles. The fourth-order valence-corrected chi connectivity index (χ4v) is 6.07. The van der Waals surface area contributed by atoms with E-state index in [9.17, 15) is 20.0 Å². The van der Waals surface area contributed by atoms with Crippen LogP contribution < -0.4 is 0 Å². The van der Waals surface area contributed by atoms with Crippen LogP contribution in [0.2, 0.25) is 0 Å². The number of nitrogens with zero attached hydrogens (tertiary/aromatic N) is 1. The molecule has 0 unspecified atom stereocenters. The number of fused-ring (bicyclic) bond motifs is 1. The molecule has 24 heavy (non-hydrogen) atoms. The van der Waals surface area contributed by atoms with Crippen molar-refractivity contribution in [3.63, 3.8) is 0 Å². The summed E-state index contributed by atoms with van der Waals surface area (Å²) in [5.74, 6) is -0.550. The van der Waals surface area contributed by atoms with Gasteiger partial charge in [-0.15, -0.1) is 0 Å². The van der Waals surface area contributed by atoms with Gasteiger partial charge in [-0.1, -0.05) is 47.8 Å². The minimum absolute atomic E-state index is 0.0119. The number of aliphatic hydroxyl groups is 1. The molecule has 0 radical (unpaired) electrons. The third-order valence-corrected chi connectivity index (χ3v) is 6.93. The summed E-state index contributed by atoms with van der Waals surface area (Å²) < 4.78 is 4.05. The largest absolute Gasteiger partial charge is 0.480 e. The van der Waals surface area contributed by atoms with Gasteiger partial charge < -0.3 is 9.84 Å². The molecule has 118 valence electrons. The van der Waals surface area contributed by atoms with Crippen molar-refractivity contribution in [3.05, 3.63) is 68.6 Å². The fraction of sp³-hybridized carbons (Fsp3) is 0.118. The predicted octanol–water partition coefficient (Wildman–Crippen LogP) is 3.68. The first-order chi connectivity index (χ1) is 11.5. The van der Waals surface area contributed by atoms with Gasteiger partial charge in [0.05, 0.1) is 9.81 Å². The molecule has 3 aliphatic rings. The van der Waals surface area contributed by atoms with E-state index in [1.165, 1.54) is 0 Å². The number of rotatable bonds is 0. The van der Waals surface area contributed by atoms with Gasteiger partial charge in [-0.05, 0) is 13.0 Å². The van der Waals surface area contributed by atoms with Crippen LogP contribution in [-0.4, -0.2) is 20.8 Å². The molecule has 2 heterocycles. The number of hydrogen-bond donors (Lipinski definition) is 1. The molecule has 1 aromatic carbocycles. The van der Waals surface area contributed by atoms with Gasteiger partial charge in [-0.25, -0.2) is 0 Å². The third-order valence-electron chi connectivity index (χ3n) is 3.87. The summed E-state index contributed by atoms with van der Waals surface area (Å²) in [5, 5.41) is 19.4. The van der Waals surface area contributed by atoms with E-state index in [0.717, 1.165) is 23.5 Å². The molecule has 2 aliphatic heterocycles. The molecule has 1 spiro atoms. The maximum Gasteiger partial charge on any atom is 0.298 e. The molecular weight excluding hydrogens is 346 g/mol. The number of benzene rings is 1. The van der Waals surface area contributed by atoms with Crippen molar-refractivity contribution in [2.75, 3.05) is 0 Å². The van der Waals surface area contributed by atoms with Crippen molar-refractivity contribution >= 4 is 35.1 Å². The zero-order valence-corrected chi connectivity index (χ0v) is 14.0. The molecular formula is C17H9NO4S2. The van der Waals surface area contributed by atoms with Gasteiger partial charge in [-0.3, -0.25) is 9.59 Å². The Balaban J connectivity index is 1.85. The molecule has 0 fully saturated rings. The van der Waals surface area contributed by atoms with Crippen LogP contribution in [0.25, 0.3) is 0 Å². The highest BCUT2D eigenvalue weighted by Gasteiger charge is 2.52. The minimum atomic E-state index is -1.06. The normalized spacial score (nSPS) is 21.2. The Morgan fingerprint density at radius 1 is 1.12 bits per heavy atom. The molecule has 7 heteroatoms. The van der Waals surface area contributed by atoms with E-state index in [-0.39, 0.29) is 17.1 Å². The highest BCUT2D eigenvalue weighted by molar-refractivity contribution is 8.26. The highest BCUT2D eigenvalue weighted by atomic mass is 32.2. The van der Waals surface area contributed by atoms with Crippen molar-refractivity contribution in [1.82, 2.24) is 0 Å². The van der Waals surface area contributed by atoms with Crippen LogP contribution in [0.4, 0.5) is 0 Å². The van der Waals surface area contributed by atoms with Crippen molar-refractivity contribution in [3.8, 4) is 6.07 Å². The molecule has 0 atom stereocenters. The standard InChI is InChI=1S/C17H9NO4S2/c1-8-6-17(11(7-18)16(21)22-8)23-14-12(19)9-4-2-3-5-10(9)13(20)15(14)24-17/h2-6,21H,1H3. The summed E-state index contributed by atoms with van der Waals surface area (Å²) in [5.41, 5.74) is 0.721. The molecule has 0 saturated carbocycles. The molecule has 0 bridgehead atoms. The lowest BCUT2D eigenvalue weighted by Gasteiger charge is -2.28. The Bertz CT molecular complexity index is 918. The average molecular weight is 355 g/mol. The molecule has 4 rings (SSSR count). The van der Waals surface area contributed by atoms with E-state index < -0.39 is 10.0 Å². The van der Waals surface area contributed by atoms with E-state index in [1.54, 1.807) is 37.3 Å². The number of ketones is 2. The summed E-state index contributed by atoms with van der Waals surface area (Å²) in [6.45, 7) is 1.64. The second kappa shape index (κ2) is 5.03. The SMILES string of the molecule is CC1=CC2(SC3=C(S2)C(=O)c2ccccc2C3=O)C(C#N)=C(O)O1. The number of aliphatic hydroxyl groups excluding tert-OH is 1. The number of carbonyl (C=O) groups excluding carboxylic acids is 2. The maximum atomic E-state index is 12.8. The summed E-state index contributed by atoms with van der Waals surface area (Å²) in [7, 11) is 0. The second-order valence-electron chi connectivity index (χ2n) is 5.38. The Kier molecular flexibility index (Phi) is 3.17. The smallest absolute Gasteiger partial charge is 0.298 e. The van der Waals surface area contributed by atoms with Gasteiger partial charge in [0.25, 0.3) is 5.95 Å². The Labute approximate surface area is 145 Å². The van der Waals surface area contributed by atoms with Crippen LogP contribution in [0.1, 0.15) is 27.6 Å². The number of carbonyl (C=O) groups is 2. The van der Waals surface area contributed by atoms with Crippen molar-refractivity contribution in [1.29, 1.82) is 5.26 Å². The Morgan fingerprint density at radius 3 is 2.17 bits per heavy atom. The zero-order chi connectivity index (χ0) is 17.1. The number of Topliss-reactive ketones (excluding diaryl/α,β-unsaturated/α-hetero) is 2. The van der Waals surface area contributed by atoms with Crippen molar-refractivity contribution in [2.45, 2.75) is 11.0 Å². The first-order valence-electron chi connectivity index (χ1n) is 6.98. The van der Waals surface area contributed by atoms with Crippen LogP contribution in [0.5, 0.6) is 0 Å². The summed E-state index contributed by atoms with van der Waals surface area (Å²) in [4.78, 5) is 26.2. The summed E-state index contributed by atoms with van der Waals surface area (Å²) in [6, 6.07) is 8.61. The number of nitriles is 1. The van der Waals surface area contributed by atoms with Gasteiger partial charge >= 0.3 is 0 Å². The quantitative estimate of drug-likeness (QED) is 0.759. The van der Waals surface area contributed by atoms with E-state index in [1.807, 2.05) is 6.07 Å². The lowest BCUT2D eigenvalue weighted by atomic mass is 9.94. The van der Waals surface area contributed by atoms with E-state index in [4.69, 9.17) is 4.74 Å². The monoisotopic (exact) mass is 355 g/mol. The third kappa shape index (κ3) is 1.90. The number of ether oxygens (including phenoxy) is 1. The molecule has 5 nitrogen and oxygen atoms in total. The topological polar surface area (TPSA) is 87.4 Å². The highest BCUT2D eigenvalue weighted by Crippen LogP contribution is 2.62. The van der Waals surface area contributed by atoms with E-state index in [2.05, 4.69) is 0 Å². The molecule has 1 aliphatic carbocycles. The number of allylic oxidation sites excluding steroid dienone is 3. The second-order valence-corrected chi connectivity index (χ2v) is 8.15. The van der Waals surface area contributed by atoms with Gasteiger partial charge in [0, 0.05) is 11.1 Å².